The predicted octanol–water partition coefficient (Wildman–Crippen LogP) is 4.45. The summed E-state index contributed by atoms with van der Waals surface area (Å²) in [6, 6.07) is 22.1. The first-order valence-electron chi connectivity index (χ1n) is 9.11. The number of hydrogen-bond donors (Lipinski definition) is 0. The Morgan fingerprint density at radius 3 is 1.67 bits per heavy atom. The van der Waals surface area contributed by atoms with Crippen molar-refractivity contribution >= 4 is 5.78 Å². The van der Waals surface area contributed by atoms with Gasteiger partial charge < -0.3 is 0 Å². The molecule has 0 spiro atoms. The summed E-state index contributed by atoms with van der Waals surface area (Å²) in [6.45, 7) is 1.99. The minimum absolute atomic E-state index is 0.487. The SMILES string of the molecule is O=C1CC2CC(N(Cc3ccccc3)Cc3ccccc3)CC2C1. The highest BCUT2D eigenvalue weighted by Crippen LogP contribution is 2.44. The number of hydrogen-bond acceptors (Lipinski definition) is 2. The Labute approximate surface area is 144 Å². The van der Waals surface area contributed by atoms with Gasteiger partial charge in [-0.3, -0.25) is 9.69 Å². The van der Waals surface area contributed by atoms with Crippen molar-refractivity contribution in [3.63, 3.8) is 0 Å². The molecule has 0 aliphatic heterocycles. The van der Waals surface area contributed by atoms with Gasteiger partial charge in [0.25, 0.3) is 0 Å². The van der Waals surface area contributed by atoms with E-state index in [0.717, 1.165) is 25.9 Å². The zero-order chi connectivity index (χ0) is 16.4. The maximum atomic E-state index is 11.7. The molecular weight excluding hydrogens is 294 g/mol. The predicted molar refractivity (Wildman–Crippen MR) is 96.4 cm³/mol. The van der Waals surface area contributed by atoms with Crippen LogP contribution < -0.4 is 0 Å². The molecule has 0 aromatic heterocycles. The molecule has 2 heteroatoms. The second-order valence-corrected chi connectivity index (χ2v) is 7.47. The highest BCUT2D eigenvalue weighted by atomic mass is 16.1. The summed E-state index contributed by atoms with van der Waals surface area (Å²) in [7, 11) is 0. The van der Waals surface area contributed by atoms with Gasteiger partial charge in [-0.1, -0.05) is 60.7 Å². The molecule has 4 rings (SSSR count). The Kier molecular flexibility index (Phi) is 4.48. The summed E-state index contributed by atoms with van der Waals surface area (Å²) in [5.41, 5.74) is 2.75. The smallest absolute Gasteiger partial charge is 0.133 e. The maximum Gasteiger partial charge on any atom is 0.133 e. The van der Waals surface area contributed by atoms with Gasteiger partial charge in [-0.25, -0.2) is 0 Å². The lowest BCUT2D eigenvalue weighted by Gasteiger charge is -2.30. The van der Waals surface area contributed by atoms with Crippen molar-refractivity contribution in [2.75, 3.05) is 0 Å². The van der Waals surface area contributed by atoms with E-state index in [9.17, 15) is 4.79 Å². The van der Waals surface area contributed by atoms with E-state index in [1.54, 1.807) is 0 Å². The van der Waals surface area contributed by atoms with Gasteiger partial charge in [0.2, 0.25) is 0 Å². The molecule has 2 aliphatic rings. The summed E-state index contributed by atoms with van der Waals surface area (Å²) in [5.74, 6) is 1.76. The fourth-order valence-electron chi connectivity index (χ4n) is 4.60. The van der Waals surface area contributed by atoms with Crippen LogP contribution in [0.4, 0.5) is 0 Å². The van der Waals surface area contributed by atoms with Gasteiger partial charge in [0.1, 0.15) is 5.78 Å². The van der Waals surface area contributed by atoms with E-state index in [1.165, 1.54) is 24.0 Å². The van der Waals surface area contributed by atoms with Crippen LogP contribution in [0.2, 0.25) is 0 Å². The van der Waals surface area contributed by atoms with Crippen LogP contribution in [0.25, 0.3) is 0 Å². The third kappa shape index (κ3) is 3.44. The number of rotatable bonds is 5. The Hall–Kier alpha value is -1.93. The minimum atomic E-state index is 0.487. The molecule has 2 aromatic rings. The highest BCUT2D eigenvalue weighted by molar-refractivity contribution is 5.81. The van der Waals surface area contributed by atoms with E-state index in [1.807, 2.05) is 0 Å². The second kappa shape index (κ2) is 6.90. The van der Waals surface area contributed by atoms with Crippen molar-refractivity contribution in [2.24, 2.45) is 11.8 Å². The number of benzene rings is 2. The first-order chi connectivity index (χ1) is 11.8. The Bertz CT molecular complexity index is 624. The summed E-state index contributed by atoms with van der Waals surface area (Å²) >= 11 is 0. The van der Waals surface area contributed by atoms with Gasteiger partial charge in [0, 0.05) is 32.0 Å². The highest BCUT2D eigenvalue weighted by Gasteiger charge is 2.42. The molecule has 0 saturated heterocycles. The normalized spacial score (nSPS) is 26.0. The third-order valence-electron chi connectivity index (χ3n) is 5.77. The second-order valence-electron chi connectivity index (χ2n) is 7.47. The lowest BCUT2D eigenvalue weighted by molar-refractivity contribution is -0.117. The van der Waals surface area contributed by atoms with E-state index in [2.05, 4.69) is 65.6 Å². The number of nitrogens with zero attached hydrogens (tertiary/aromatic N) is 1. The van der Waals surface area contributed by atoms with Crippen molar-refractivity contribution in [3.05, 3.63) is 71.8 Å². The van der Waals surface area contributed by atoms with Crippen LogP contribution in [0.3, 0.4) is 0 Å². The fraction of sp³-hybridized carbons (Fsp3) is 0.409. The van der Waals surface area contributed by atoms with Crippen molar-refractivity contribution in [3.8, 4) is 0 Å². The largest absolute Gasteiger partial charge is 0.300 e. The molecule has 2 fully saturated rings. The van der Waals surface area contributed by atoms with Crippen molar-refractivity contribution in [1.29, 1.82) is 0 Å². The van der Waals surface area contributed by atoms with Gasteiger partial charge in [0.05, 0.1) is 0 Å². The van der Waals surface area contributed by atoms with Gasteiger partial charge in [-0.05, 0) is 35.8 Å². The monoisotopic (exact) mass is 319 g/mol. The number of carbonyl (C=O) groups is 1. The molecule has 0 heterocycles. The number of fused-ring (bicyclic) bond motifs is 1. The minimum Gasteiger partial charge on any atom is -0.300 e. The van der Waals surface area contributed by atoms with Crippen LogP contribution in [-0.4, -0.2) is 16.7 Å². The molecule has 2 unspecified atom stereocenters. The van der Waals surface area contributed by atoms with Crippen LogP contribution in [0.5, 0.6) is 0 Å². The van der Waals surface area contributed by atoms with Gasteiger partial charge >= 0.3 is 0 Å². The standard InChI is InChI=1S/C22H25NO/c24-22-13-19-11-21(12-20(19)14-22)23(15-17-7-3-1-4-8-17)16-18-9-5-2-6-10-18/h1-10,19-21H,11-16H2. The average Bonchev–Trinajstić information content (AvgIpc) is 3.13. The first-order valence-corrected chi connectivity index (χ1v) is 9.11. The van der Waals surface area contributed by atoms with Crippen LogP contribution >= 0.6 is 0 Å². The van der Waals surface area contributed by atoms with E-state index in [-0.39, 0.29) is 0 Å². The summed E-state index contributed by atoms with van der Waals surface area (Å²) in [5, 5.41) is 0. The molecule has 2 atom stereocenters. The lowest BCUT2D eigenvalue weighted by Crippen LogP contribution is -2.33. The van der Waals surface area contributed by atoms with Crippen LogP contribution in [0.1, 0.15) is 36.8 Å². The number of Topliss-reactive ketones (excluding diaryl/α,β-unsaturated/α-hetero) is 1. The summed E-state index contributed by atoms with van der Waals surface area (Å²) in [6.07, 6.45) is 4.03. The zero-order valence-electron chi connectivity index (χ0n) is 14.1. The lowest BCUT2D eigenvalue weighted by atomic mass is 10.0. The third-order valence-corrected chi connectivity index (χ3v) is 5.77. The van der Waals surface area contributed by atoms with E-state index >= 15 is 0 Å². The number of ketones is 1. The van der Waals surface area contributed by atoms with E-state index in [4.69, 9.17) is 0 Å². The molecule has 0 bridgehead atoms. The summed E-state index contributed by atoms with van der Waals surface area (Å²) < 4.78 is 0. The van der Waals surface area contributed by atoms with Crippen LogP contribution in [0, 0.1) is 11.8 Å². The molecule has 0 N–H and O–H groups in total. The fourth-order valence-corrected chi connectivity index (χ4v) is 4.60. The van der Waals surface area contributed by atoms with Gasteiger partial charge in [0.15, 0.2) is 0 Å². The van der Waals surface area contributed by atoms with Crippen LogP contribution in [0.15, 0.2) is 60.7 Å². The molecule has 124 valence electrons. The Morgan fingerprint density at radius 1 is 0.750 bits per heavy atom. The van der Waals surface area contributed by atoms with Crippen molar-refractivity contribution < 1.29 is 4.79 Å². The van der Waals surface area contributed by atoms with Crippen LogP contribution in [-0.2, 0) is 17.9 Å². The van der Waals surface area contributed by atoms with E-state index < -0.39 is 0 Å². The zero-order valence-corrected chi connectivity index (χ0v) is 14.1. The van der Waals surface area contributed by atoms with E-state index in [0.29, 0.717) is 23.7 Å². The van der Waals surface area contributed by atoms with Gasteiger partial charge in [-0.2, -0.15) is 0 Å². The Morgan fingerprint density at radius 2 is 1.21 bits per heavy atom. The topological polar surface area (TPSA) is 20.3 Å². The molecule has 2 aliphatic carbocycles. The maximum absolute atomic E-state index is 11.7. The Balaban J connectivity index is 1.51. The molecule has 0 radical (unpaired) electrons. The quantitative estimate of drug-likeness (QED) is 0.811. The molecule has 2 aromatic carbocycles. The first kappa shape index (κ1) is 15.6. The van der Waals surface area contributed by atoms with Crippen molar-refractivity contribution in [1.82, 2.24) is 4.90 Å². The van der Waals surface area contributed by atoms with Gasteiger partial charge in [-0.15, -0.1) is 0 Å². The van der Waals surface area contributed by atoms with Crippen molar-refractivity contribution in [2.45, 2.75) is 44.8 Å². The molecule has 0 amide bonds. The molecule has 2 saturated carbocycles. The number of carbonyl (C=O) groups excluding carboxylic acids is 1. The average molecular weight is 319 g/mol. The molecule has 24 heavy (non-hydrogen) atoms. The molecule has 2 nitrogen and oxygen atoms in total. The molecular formula is C22H25NO. The summed E-state index contributed by atoms with van der Waals surface area (Å²) in [4.78, 5) is 14.3.